The summed E-state index contributed by atoms with van der Waals surface area (Å²) in [6.07, 6.45) is 4.77. The lowest BCUT2D eigenvalue weighted by Gasteiger charge is -2.41. The summed E-state index contributed by atoms with van der Waals surface area (Å²) < 4.78 is 5.49. The van der Waals surface area contributed by atoms with E-state index in [1.165, 1.54) is 24.8 Å². The van der Waals surface area contributed by atoms with Crippen molar-refractivity contribution in [1.29, 1.82) is 0 Å². The minimum atomic E-state index is 0.0197. The van der Waals surface area contributed by atoms with Crippen molar-refractivity contribution < 1.29 is 4.74 Å². The lowest BCUT2D eigenvalue weighted by molar-refractivity contribution is 0.0997. The summed E-state index contributed by atoms with van der Waals surface area (Å²) in [4.78, 5) is 2.62. The van der Waals surface area contributed by atoms with E-state index in [1.807, 2.05) is 12.1 Å². The molecule has 1 aliphatic carbocycles. The number of methoxy groups -OCH3 is 1. The maximum absolute atomic E-state index is 6.16. The summed E-state index contributed by atoms with van der Waals surface area (Å²) in [6, 6.07) is 9.03. The van der Waals surface area contributed by atoms with E-state index < -0.39 is 0 Å². The summed E-state index contributed by atoms with van der Waals surface area (Å²) >= 11 is 0. The molecule has 20 heavy (non-hydrogen) atoms. The van der Waals surface area contributed by atoms with E-state index in [-0.39, 0.29) is 5.54 Å². The smallest absolute Gasteiger partial charge is 0.122 e. The highest BCUT2D eigenvalue weighted by Crippen LogP contribution is 2.35. The maximum atomic E-state index is 6.16. The highest BCUT2D eigenvalue weighted by molar-refractivity contribution is 5.34. The molecule has 0 aromatic heterocycles. The van der Waals surface area contributed by atoms with Crippen molar-refractivity contribution in [3.63, 3.8) is 0 Å². The van der Waals surface area contributed by atoms with Crippen LogP contribution in [0.2, 0.25) is 0 Å². The predicted molar refractivity (Wildman–Crippen MR) is 84.2 cm³/mol. The first-order chi connectivity index (χ1) is 9.64. The molecule has 1 saturated carbocycles. The van der Waals surface area contributed by atoms with Gasteiger partial charge < -0.3 is 10.5 Å². The molecule has 3 nitrogen and oxygen atoms in total. The van der Waals surface area contributed by atoms with Crippen molar-refractivity contribution in [2.24, 2.45) is 5.73 Å². The topological polar surface area (TPSA) is 38.5 Å². The molecule has 0 aliphatic heterocycles. The zero-order valence-electron chi connectivity index (χ0n) is 13.1. The predicted octanol–water partition coefficient (Wildman–Crippen LogP) is 2.83. The largest absolute Gasteiger partial charge is 0.496 e. The Bertz CT molecular complexity index is 431. The Labute approximate surface area is 123 Å². The molecule has 1 fully saturated rings. The Balaban J connectivity index is 2.21. The van der Waals surface area contributed by atoms with Gasteiger partial charge in [-0.2, -0.15) is 0 Å². The van der Waals surface area contributed by atoms with Crippen molar-refractivity contribution in [1.82, 2.24) is 4.90 Å². The molecular weight excluding hydrogens is 248 g/mol. The second-order valence-corrected chi connectivity index (χ2v) is 6.11. The summed E-state index contributed by atoms with van der Waals surface area (Å²) in [5.41, 5.74) is 7.43. The molecule has 0 saturated heterocycles. The number of para-hydroxylation sites is 1. The first-order valence-electron chi connectivity index (χ1n) is 7.73. The maximum Gasteiger partial charge on any atom is 0.122 e. The van der Waals surface area contributed by atoms with Gasteiger partial charge in [0.1, 0.15) is 5.75 Å². The van der Waals surface area contributed by atoms with Crippen LogP contribution in [0, 0.1) is 0 Å². The molecule has 1 aliphatic rings. The Hall–Kier alpha value is -1.06. The van der Waals surface area contributed by atoms with Gasteiger partial charge in [0.05, 0.1) is 7.11 Å². The van der Waals surface area contributed by atoms with E-state index in [0.29, 0.717) is 6.54 Å². The first-order valence-corrected chi connectivity index (χ1v) is 7.73. The number of nitrogens with zero attached hydrogens (tertiary/aromatic N) is 1. The number of nitrogens with two attached hydrogens (primary N) is 1. The number of ether oxygens (including phenoxy) is 1. The van der Waals surface area contributed by atoms with Crippen LogP contribution in [0.5, 0.6) is 5.75 Å². The van der Waals surface area contributed by atoms with Gasteiger partial charge in [-0.15, -0.1) is 0 Å². The molecule has 0 spiro atoms. The highest BCUT2D eigenvalue weighted by Gasteiger charge is 2.40. The number of hydrogen-bond donors (Lipinski definition) is 1. The fourth-order valence-corrected chi connectivity index (χ4v) is 3.07. The number of rotatable bonds is 8. The lowest BCUT2D eigenvalue weighted by atomic mass is 9.89. The molecule has 1 atom stereocenters. The quantitative estimate of drug-likeness (QED) is 0.793. The first kappa shape index (κ1) is 15.3. The van der Waals surface area contributed by atoms with Gasteiger partial charge >= 0.3 is 0 Å². The van der Waals surface area contributed by atoms with Crippen LogP contribution >= 0.6 is 0 Å². The van der Waals surface area contributed by atoms with E-state index in [0.717, 1.165) is 24.8 Å². The van der Waals surface area contributed by atoms with Crippen molar-refractivity contribution in [3.8, 4) is 5.75 Å². The summed E-state index contributed by atoms with van der Waals surface area (Å²) in [5.74, 6) is 0.972. The van der Waals surface area contributed by atoms with Gasteiger partial charge in [-0.1, -0.05) is 25.1 Å². The zero-order chi connectivity index (χ0) is 14.6. The molecule has 0 heterocycles. The van der Waals surface area contributed by atoms with Gasteiger partial charge in [0.2, 0.25) is 0 Å². The molecule has 3 heteroatoms. The van der Waals surface area contributed by atoms with Gasteiger partial charge in [-0.25, -0.2) is 0 Å². The monoisotopic (exact) mass is 276 g/mol. The Morgan fingerprint density at radius 2 is 2.05 bits per heavy atom. The normalized spacial score (nSPS) is 18.1. The van der Waals surface area contributed by atoms with Crippen LogP contribution < -0.4 is 10.5 Å². The van der Waals surface area contributed by atoms with Crippen LogP contribution in [-0.4, -0.2) is 36.7 Å². The molecule has 112 valence electrons. The molecular formula is C17H28N2O. The third-order valence-corrected chi connectivity index (χ3v) is 4.35. The summed E-state index contributed by atoms with van der Waals surface area (Å²) in [5, 5.41) is 0. The van der Waals surface area contributed by atoms with E-state index in [1.54, 1.807) is 7.11 Å². The fourth-order valence-electron chi connectivity index (χ4n) is 3.07. The minimum Gasteiger partial charge on any atom is -0.496 e. The molecule has 0 amide bonds. The van der Waals surface area contributed by atoms with Crippen molar-refractivity contribution >= 4 is 0 Å². The summed E-state index contributed by atoms with van der Waals surface area (Å²) in [7, 11) is 1.74. The zero-order valence-corrected chi connectivity index (χ0v) is 13.1. The Morgan fingerprint density at radius 1 is 1.35 bits per heavy atom. The van der Waals surface area contributed by atoms with Crippen LogP contribution in [0.3, 0.4) is 0 Å². The van der Waals surface area contributed by atoms with Gasteiger partial charge in [0.25, 0.3) is 0 Å². The molecule has 1 unspecified atom stereocenters. The molecule has 2 N–H and O–H groups in total. The van der Waals surface area contributed by atoms with Crippen LogP contribution in [-0.2, 0) is 6.42 Å². The van der Waals surface area contributed by atoms with Crippen LogP contribution in [0.15, 0.2) is 24.3 Å². The molecule has 0 bridgehead atoms. The van der Waals surface area contributed by atoms with Crippen molar-refractivity contribution in [2.75, 3.05) is 20.2 Å². The average Bonchev–Trinajstić information content (AvgIpc) is 3.29. The SMILES string of the molecule is CCCN(C1CC1)C(C)(CN)Cc1ccccc1OC. The van der Waals surface area contributed by atoms with Gasteiger partial charge in [-0.3, -0.25) is 4.90 Å². The molecule has 1 aromatic rings. The third-order valence-electron chi connectivity index (χ3n) is 4.35. The van der Waals surface area contributed by atoms with Crippen LogP contribution in [0.1, 0.15) is 38.7 Å². The van der Waals surface area contributed by atoms with Gasteiger partial charge in [0, 0.05) is 18.1 Å². The highest BCUT2D eigenvalue weighted by atomic mass is 16.5. The fraction of sp³-hybridized carbons (Fsp3) is 0.647. The van der Waals surface area contributed by atoms with E-state index >= 15 is 0 Å². The number of hydrogen-bond acceptors (Lipinski definition) is 3. The van der Waals surface area contributed by atoms with Crippen molar-refractivity contribution in [3.05, 3.63) is 29.8 Å². The third kappa shape index (κ3) is 3.33. The Kier molecular flexibility index (Phi) is 5.06. The second kappa shape index (κ2) is 6.59. The lowest BCUT2D eigenvalue weighted by Crippen LogP contribution is -2.54. The van der Waals surface area contributed by atoms with Crippen molar-refractivity contribution in [2.45, 2.75) is 51.1 Å². The molecule has 2 rings (SSSR count). The summed E-state index contributed by atoms with van der Waals surface area (Å²) in [6.45, 7) is 6.36. The molecule has 1 aromatic carbocycles. The number of benzene rings is 1. The molecule has 0 radical (unpaired) electrons. The Morgan fingerprint density at radius 3 is 2.60 bits per heavy atom. The standard InChI is InChI=1S/C17H28N2O/c1-4-11-19(15-9-10-15)17(2,13-18)12-14-7-5-6-8-16(14)20-3/h5-8,15H,4,9-13,18H2,1-3H3. The van der Waals surface area contributed by atoms with E-state index in [9.17, 15) is 0 Å². The second-order valence-electron chi connectivity index (χ2n) is 6.11. The van der Waals surface area contributed by atoms with Gasteiger partial charge in [0.15, 0.2) is 0 Å². The average molecular weight is 276 g/mol. The van der Waals surface area contributed by atoms with Crippen LogP contribution in [0.4, 0.5) is 0 Å². The minimum absolute atomic E-state index is 0.0197. The van der Waals surface area contributed by atoms with E-state index in [4.69, 9.17) is 10.5 Å². The van der Waals surface area contributed by atoms with Crippen LogP contribution in [0.25, 0.3) is 0 Å². The van der Waals surface area contributed by atoms with E-state index in [2.05, 4.69) is 30.9 Å². The van der Waals surface area contributed by atoms with Gasteiger partial charge in [-0.05, 0) is 50.8 Å².